The highest BCUT2D eigenvalue weighted by atomic mass is 16.5. The molecule has 0 bridgehead atoms. The van der Waals surface area contributed by atoms with Crippen molar-refractivity contribution in [1.29, 1.82) is 0 Å². The molecular formula is C45H70O9. The lowest BCUT2D eigenvalue weighted by Gasteiger charge is -2.56. The maximum absolute atomic E-state index is 12.5. The molecule has 4 rings (SSSR count). The predicted octanol–water partition coefficient (Wildman–Crippen LogP) is 7.94. The molecule has 0 aromatic heterocycles. The third-order valence-corrected chi connectivity index (χ3v) is 13.6. The Hall–Kier alpha value is -2.69. The monoisotopic (exact) mass is 755 g/mol. The van der Waals surface area contributed by atoms with E-state index in [0.29, 0.717) is 36.5 Å². The van der Waals surface area contributed by atoms with Gasteiger partial charge in [-0.3, -0.25) is 4.79 Å². The van der Waals surface area contributed by atoms with E-state index in [1.807, 2.05) is 62.3 Å². The van der Waals surface area contributed by atoms with Gasteiger partial charge in [0.1, 0.15) is 50.9 Å². The van der Waals surface area contributed by atoms with Crippen molar-refractivity contribution in [1.82, 2.24) is 0 Å². The number of benzene rings is 1. The smallest absolute Gasteiger partial charge is 0.152 e. The van der Waals surface area contributed by atoms with Crippen LogP contribution in [-0.2, 0) is 4.79 Å². The molecule has 3 aliphatic carbocycles. The number of carbonyl (C=O) groups excluding carboxylic acids is 1. The fourth-order valence-corrected chi connectivity index (χ4v) is 9.78. The van der Waals surface area contributed by atoms with Crippen LogP contribution < -0.4 is 14.2 Å². The van der Waals surface area contributed by atoms with E-state index in [2.05, 4.69) is 0 Å². The number of ketones is 1. The Balaban J connectivity index is 1.91. The van der Waals surface area contributed by atoms with E-state index in [1.54, 1.807) is 62.4 Å². The van der Waals surface area contributed by atoms with E-state index in [4.69, 9.17) is 14.2 Å². The molecule has 304 valence electrons. The molecule has 54 heavy (non-hydrogen) atoms. The minimum absolute atomic E-state index is 0.181. The molecule has 8 unspecified atom stereocenters. The third-order valence-electron chi connectivity index (χ3n) is 13.6. The lowest BCUT2D eigenvalue weighted by molar-refractivity contribution is -0.186. The Labute approximate surface area is 324 Å². The fraction of sp³-hybridized carbons (Fsp3) is 0.711. The van der Waals surface area contributed by atoms with Gasteiger partial charge in [0.05, 0.1) is 12.2 Å². The summed E-state index contributed by atoms with van der Waals surface area (Å²) in [6.07, 6.45) is 14.1. The Morgan fingerprint density at radius 2 is 0.833 bits per heavy atom. The van der Waals surface area contributed by atoms with Crippen LogP contribution in [0.5, 0.6) is 17.2 Å². The highest BCUT2D eigenvalue weighted by Gasteiger charge is 2.61. The Bertz CT molecular complexity index is 1530. The molecule has 3 saturated carbocycles. The second-order valence-electron chi connectivity index (χ2n) is 19.3. The number of hydrogen-bond acceptors (Lipinski definition) is 9. The summed E-state index contributed by atoms with van der Waals surface area (Å²) in [6, 6.07) is 5.24. The maximum atomic E-state index is 12.5. The zero-order chi connectivity index (χ0) is 40.8. The van der Waals surface area contributed by atoms with Gasteiger partial charge in [0, 0.05) is 34.4 Å². The third kappa shape index (κ3) is 7.95. The number of carbonyl (C=O) groups is 1. The SMILES string of the molecule is CC(=O)/C=C/C1(O)C(C)(C)CCCC1(C)Oc1cc(OC2(C)CCCC(C)(C)C2(O)/C=C/C(C)O)cc(OC2(C)CCCC(C)(C)C2(O)/C=C/C(C)O)c1. The van der Waals surface area contributed by atoms with E-state index >= 15 is 0 Å². The molecule has 9 nitrogen and oxygen atoms in total. The van der Waals surface area contributed by atoms with Gasteiger partial charge in [0.15, 0.2) is 5.78 Å². The summed E-state index contributed by atoms with van der Waals surface area (Å²) in [5.74, 6) is 0.880. The summed E-state index contributed by atoms with van der Waals surface area (Å²) in [6.45, 7) is 22.3. The van der Waals surface area contributed by atoms with E-state index in [-0.39, 0.29) is 5.78 Å². The van der Waals surface area contributed by atoms with Gasteiger partial charge in [0.2, 0.25) is 0 Å². The Morgan fingerprint density at radius 3 is 1.09 bits per heavy atom. The quantitative estimate of drug-likeness (QED) is 0.106. The molecule has 3 fully saturated rings. The first-order valence-electron chi connectivity index (χ1n) is 19.9. The number of allylic oxidation sites excluding steroid dienone is 1. The van der Waals surface area contributed by atoms with Crippen LogP contribution in [0.25, 0.3) is 0 Å². The van der Waals surface area contributed by atoms with Crippen molar-refractivity contribution in [2.45, 2.75) is 187 Å². The molecule has 1 aromatic rings. The van der Waals surface area contributed by atoms with Crippen molar-refractivity contribution in [2.75, 3.05) is 0 Å². The predicted molar refractivity (Wildman–Crippen MR) is 213 cm³/mol. The fourth-order valence-electron chi connectivity index (χ4n) is 9.78. The minimum Gasteiger partial charge on any atom is -0.484 e. The van der Waals surface area contributed by atoms with Crippen LogP contribution in [0.15, 0.2) is 54.7 Å². The Morgan fingerprint density at radius 1 is 0.556 bits per heavy atom. The lowest BCUT2D eigenvalue weighted by Crippen LogP contribution is -2.65. The van der Waals surface area contributed by atoms with Crippen LogP contribution in [-0.4, -0.2) is 77.1 Å². The molecule has 0 saturated heterocycles. The lowest BCUT2D eigenvalue weighted by atomic mass is 9.58. The van der Waals surface area contributed by atoms with Crippen molar-refractivity contribution in [3.63, 3.8) is 0 Å². The van der Waals surface area contributed by atoms with Gasteiger partial charge in [-0.2, -0.15) is 0 Å². The first kappa shape index (κ1) is 44.0. The van der Waals surface area contributed by atoms with Crippen LogP contribution in [0.1, 0.15) is 141 Å². The first-order chi connectivity index (χ1) is 24.6. The van der Waals surface area contributed by atoms with E-state index < -0.39 is 62.1 Å². The van der Waals surface area contributed by atoms with Gasteiger partial charge >= 0.3 is 0 Å². The number of hydrogen-bond donors (Lipinski definition) is 5. The topological polar surface area (TPSA) is 146 Å². The Kier molecular flexibility index (Phi) is 12.2. The molecule has 8 atom stereocenters. The van der Waals surface area contributed by atoms with Crippen molar-refractivity contribution >= 4 is 5.78 Å². The number of ether oxygens (including phenoxy) is 3. The van der Waals surface area contributed by atoms with Crippen molar-refractivity contribution in [3.8, 4) is 17.2 Å². The van der Waals surface area contributed by atoms with E-state index in [9.17, 15) is 30.3 Å². The second-order valence-corrected chi connectivity index (χ2v) is 19.3. The summed E-state index contributed by atoms with van der Waals surface area (Å²) in [5.41, 5.74) is -9.79. The highest BCUT2D eigenvalue weighted by Crippen LogP contribution is 2.56. The van der Waals surface area contributed by atoms with Crippen molar-refractivity contribution in [3.05, 3.63) is 54.7 Å². The molecule has 1 aromatic carbocycles. The van der Waals surface area contributed by atoms with Crippen molar-refractivity contribution < 1.29 is 44.5 Å². The van der Waals surface area contributed by atoms with Gasteiger partial charge in [-0.25, -0.2) is 0 Å². The molecule has 0 amide bonds. The summed E-state index contributed by atoms with van der Waals surface area (Å²) in [7, 11) is 0. The molecule has 0 heterocycles. The van der Waals surface area contributed by atoms with Gasteiger partial charge in [-0.05, 0) is 111 Å². The van der Waals surface area contributed by atoms with Gasteiger partial charge in [0.25, 0.3) is 0 Å². The van der Waals surface area contributed by atoms with E-state index in [1.165, 1.54) is 13.0 Å². The summed E-state index contributed by atoms with van der Waals surface area (Å²) >= 11 is 0. The zero-order valence-corrected chi connectivity index (χ0v) is 35.1. The minimum atomic E-state index is -1.53. The zero-order valence-electron chi connectivity index (χ0n) is 35.1. The maximum Gasteiger partial charge on any atom is 0.152 e. The van der Waals surface area contributed by atoms with Crippen LogP contribution >= 0.6 is 0 Å². The molecule has 0 spiro atoms. The second kappa shape index (κ2) is 15.0. The van der Waals surface area contributed by atoms with Crippen LogP contribution in [0.4, 0.5) is 0 Å². The normalized spacial score (nSPS) is 37.6. The van der Waals surface area contributed by atoms with Crippen LogP contribution in [0.2, 0.25) is 0 Å². The molecule has 5 N–H and O–H groups in total. The largest absolute Gasteiger partial charge is 0.484 e. The van der Waals surface area contributed by atoms with Crippen molar-refractivity contribution in [2.24, 2.45) is 16.2 Å². The summed E-state index contributed by atoms with van der Waals surface area (Å²) in [5, 5.41) is 57.9. The van der Waals surface area contributed by atoms with E-state index in [0.717, 1.165) is 38.5 Å². The van der Waals surface area contributed by atoms with Gasteiger partial charge < -0.3 is 39.7 Å². The molecule has 0 aliphatic heterocycles. The summed E-state index contributed by atoms with van der Waals surface area (Å²) < 4.78 is 20.7. The van der Waals surface area contributed by atoms with Crippen LogP contribution in [0, 0.1) is 16.2 Å². The molecule has 9 heteroatoms. The number of rotatable bonds is 12. The highest BCUT2D eigenvalue weighted by molar-refractivity contribution is 5.87. The van der Waals surface area contributed by atoms with Gasteiger partial charge in [-0.15, -0.1) is 0 Å². The molecule has 0 radical (unpaired) electrons. The molecular weight excluding hydrogens is 684 g/mol. The average Bonchev–Trinajstić information content (AvgIpc) is 3.02. The molecule has 3 aliphatic rings. The van der Waals surface area contributed by atoms with Crippen LogP contribution in [0.3, 0.4) is 0 Å². The first-order valence-corrected chi connectivity index (χ1v) is 19.9. The number of aliphatic hydroxyl groups excluding tert-OH is 2. The standard InChI is InChI=1S/C45H70O9/c1-31(46)16-25-43(49)37(4,5)19-13-22-40(43,10)52-34-28-35(53-41(11)23-14-20-38(6,7)44(41,50)26-17-32(2)47)30-36(29-34)54-42(12)24-15-21-39(8,9)45(42,51)27-18-33(3)48/h16-18,25-32,46-47,49-51H,13-15,19-24H2,1-12H3/b25-16+,26-17+,27-18+. The number of aliphatic hydroxyl groups is 5. The average molecular weight is 755 g/mol. The van der Waals surface area contributed by atoms with Gasteiger partial charge in [-0.1, -0.05) is 65.8 Å². The summed E-state index contributed by atoms with van der Waals surface area (Å²) in [4.78, 5) is 12.2.